The lowest BCUT2D eigenvalue weighted by Gasteiger charge is -2.24. The van der Waals surface area contributed by atoms with E-state index in [1.807, 2.05) is 11.0 Å². The van der Waals surface area contributed by atoms with Gasteiger partial charge in [0.05, 0.1) is 12.1 Å². The molecule has 1 fully saturated rings. The molecule has 2 rings (SSSR count). The number of hydrogen-bond donors (Lipinski definition) is 1. The largest absolute Gasteiger partial charge is 0.495 e. The van der Waals surface area contributed by atoms with Crippen LogP contribution >= 0.6 is 11.6 Å². The molecule has 92 valence electrons. The van der Waals surface area contributed by atoms with Gasteiger partial charge in [-0.15, -0.1) is 0 Å². The van der Waals surface area contributed by atoms with Crippen molar-refractivity contribution in [1.29, 1.82) is 0 Å². The van der Waals surface area contributed by atoms with E-state index in [-0.39, 0.29) is 0 Å². The fraction of sp³-hybridized carbons (Fsp3) is 0.417. The van der Waals surface area contributed by atoms with Crippen LogP contribution in [-0.2, 0) is 4.79 Å². The van der Waals surface area contributed by atoms with Gasteiger partial charge in [-0.1, -0.05) is 11.6 Å². The second kappa shape index (κ2) is 4.84. The fourth-order valence-electron chi connectivity index (χ4n) is 2.17. The predicted octanol–water partition coefficient (Wildman–Crippen LogP) is 2.40. The zero-order valence-corrected chi connectivity index (χ0v) is 10.3. The highest BCUT2D eigenvalue weighted by Gasteiger charge is 2.30. The highest BCUT2D eigenvalue weighted by atomic mass is 35.5. The van der Waals surface area contributed by atoms with E-state index in [2.05, 4.69) is 0 Å². The topological polar surface area (TPSA) is 49.8 Å². The summed E-state index contributed by atoms with van der Waals surface area (Å²) in [5.41, 5.74) is 0.834. The Balaban J connectivity index is 2.27. The molecular formula is C12H14ClNO3. The van der Waals surface area contributed by atoms with Crippen LogP contribution in [0.5, 0.6) is 5.75 Å². The molecule has 1 aromatic carbocycles. The maximum Gasteiger partial charge on any atom is 0.326 e. The molecule has 4 nitrogen and oxygen atoms in total. The maximum absolute atomic E-state index is 11.1. The first-order chi connectivity index (χ1) is 8.13. The molecule has 1 saturated heterocycles. The molecule has 0 aromatic heterocycles. The van der Waals surface area contributed by atoms with Crippen LogP contribution in [-0.4, -0.2) is 30.8 Å². The third kappa shape index (κ3) is 2.31. The third-order valence-electron chi connectivity index (χ3n) is 3.00. The first-order valence-electron chi connectivity index (χ1n) is 5.46. The first kappa shape index (κ1) is 12.0. The van der Waals surface area contributed by atoms with E-state index in [9.17, 15) is 4.79 Å². The fourth-order valence-corrected chi connectivity index (χ4v) is 2.42. The summed E-state index contributed by atoms with van der Waals surface area (Å²) in [6.45, 7) is 0.750. The highest BCUT2D eigenvalue weighted by Crippen LogP contribution is 2.32. The summed E-state index contributed by atoms with van der Waals surface area (Å²) >= 11 is 6.04. The maximum atomic E-state index is 11.1. The molecule has 1 aliphatic heterocycles. The van der Waals surface area contributed by atoms with Gasteiger partial charge in [0.2, 0.25) is 0 Å². The van der Waals surface area contributed by atoms with Crippen molar-refractivity contribution in [3.05, 3.63) is 23.2 Å². The van der Waals surface area contributed by atoms with Crippen molar-refractivity contribution in [3.63, 3.8) is 0 Å². The minimum Gasteiger partial charge on any atom is -0.495 e. The molecule has 1 heterocycles. The van der Waals surface area contributed by atoms with Crippen molar-refractivity contribution in [2.45, 2.75) is 18.9 Å². The number of benzene rings is 1. The number of nitrogens with zero attached hydrogens (tertiary/aromatic N) is 1. The summed E-state index contributed by atoms with van der Waals surface area (Å²) in [5.74, 6) is -0.184. The molecule has 0 saturated carbocycles. The molecule has 5 heteroatoms. The van der Waals surface area contributed by atoms with Gasteiger partial charge in [0.25, 0.3) is 0 Å². The van der Waals surface area contributed by atoms with Crippen LogP contribution in [0.15, 0.2) is 18.2 Å². The van der Waals surface area contributed by atoms with E-state index in [1.54, 1.807) is 19.2 Å². The Labute approximate surface area is 105 Å². The molecule has 1 aromatic rings. The average Bonchev–Trinajstić information content (AvgIpc) is 2.77. The van der Waals surface area contributed by atoms with Crippen LogP contribution in [0.1, 0.15) is 12.8 Å². The number of methoxy groups -OCH3 is 1. The van der Waals surface area contributed by atoms with Crippen molar-refractivity contribution in [3.8, 4) is 5.75 Å². The number of halogens is 1. The van der Waals surface area contributed by atoms with E-state index < -0.39 is 12.0 Å². The van der Waals surface area contributed by atoms with Crippen molar-refractivity contribution in [2.24, 2.45) is 0 Å². The predicted molar refractivity (Wildman–Crippen MR) is 66.0 cm³/mol. The summed E-state index contributed by atoms with van der Waals surface area (Å²) < 4.78 is 5.07. The number of carboxylic acids is 1. The quantitative estimate of drug-likeness (QED) is 0.901. The highest BCUT2D eigenvalue weighted by molar-refractivity contribution is 6.32. The molecule has 0 radical (unpaired) electrons. The van der Waals surface area contributed by atoms with Gasteiger partial charge in [-0.25, -0.2) is 4.79 Å². The van der Waals surface area contributed by atoms with Crippen LogP contribution in [0.25, 0.3) is 0 Å². The molecule has 1 N–H and O–H groups in total. The van der Waals surface area contributed by atoms with E-state index in [4.69, 9.17) is 21.4 Å². The summed E-state index contributed by atoms with van der Waals surface area (Å²) in [6.07, 6.45) is 1.57. The summed E-state index contributed by atoms with van der Waals surface area (Å²) in [6, 6.07) is 4.90. The number of hydrogen-bond acceptors (Lipinski definition) is 3. The molecule has 1 atom stereocenters. The number of anilines is 1. The Hall–Kier alpha value is -1.42. The van der Waals surface area contributed by atoms with Crippen LogP contribution in [0.3, 0.4) is 0 Å². The lowest BCUT2D eigenvalue weighted by molar-refractivity contribution is -0.138. The number of aliphatic carboxylic acids is 1. The summed E-state index contributed by atoms with van der Waals surface area (Å²) in [5, 5.41) is 9.62. The van der Waals surface area contributed by atoms with Gasteiger partial charge < -0.3 is 14.7 Å². The number of rotatable bonds is 3. The first-order valence-corrected chi connectivity index (χ1v) is 5.84. The third-order valence-corrected chi connectivity index (χ3v) is 3.30. The van der Waals surface area contributed by atoms with E-state index in [0.717, 1.165) is 18.7 Å². The molecule has 0 bridgehead atoms. The van der Waals surface area contributed by atoms with E-state index in [1.165, 1.54) is 0 Å². The van der Waals surface area contributed by atoms with E-state index >= 15 is 0 Å². The van der Waals surface area contributed by atoms with Crippen molar-refractivity contribution >= 4 is 23.3 Å². The van der Waals surface area contributed by atoms with Gasteiger partial charge in [-0.05, 0) is 31.0 Å². The summed E-state index contributed by atoms with van der Waals surface area (Å²) in [4.78, 5) is 13.0. The molecular weight excluding hydrogens is 242 g/mol. The van der Waals surface area contributed by atoms with Gasteiger partial charge >= 0.3 is 5.97 Å². The Morgan fingerprint density at radius 3 is 2.94 bits per heavy atom. The SMILES string of the molecule is COc1ccc(N2CCCC2C(=O)O)cc1Cl. The van der Waals surface area contributed by atoms with Gasteiger partial charge in [0, 0.05) is 12.2 Å². The second-order valence-electron chi connectivity index (χ2n) is 4.01. The Morgan fingerprint density at radius 1 is 1.59 bits per heavy atom. The smallest absolute Gasteiger partial charge is 0.326 e. The van der Waals surface area contributed by atoms with E-state index in [0.29, 0.717) is 17.2 Å². The lowest BCUT2D eigenvalue weighted by Crippen LogP contribution is -2.35. The number of ether oxygens (including phenoxy) is 1. The average molecular weight is 256 g/mol. The molecule has 17 heavy (non-hydrogen) atoms. The zero-order valence-electron chi connectivity index (χ0n) is 9.52. The number of carbonyl (C=O) groups is 1. The van der Waals surface area contributed by atoms with Crippen LogP contribution in [0.4, 0.5) is 5.69 Å². The zero-order chi connectivity index (χ0) is 12.4. The lowest BCUT2D eigenvalue weighted by atomic mass is 10.2. The molecule has 0 amide bonds. The van der Waals surface area contributed by atoms with Crippen molar-refractivity contribution < 1.29 is 14.6 Å². The van der Waals surface area contributed by atoms with Gasteiger partial charge in [-0.3, -0.25) is 0 Å². The van der Waals surface area contributed by atoms with Crippen LogP contribution in [0.2, 0.25) is 5.02 Å². The Kier molecular flexibility index (Phi) is 3.43. The van der Waals surface area contributed by atoms with Gasteiger partial charge in [0.1, 0.15) is 11.8 Å². The Morgan fingerprint density at radius 2 is 2.35 bits per heavy atom. The Bertz CT molecular complexity index is 436. The minimum atomic E-state index is -0.783. The molecule has 1 aliphatic rings. The number of carboxylic acid groups (broad SMARTS) is 1. The second-order valence-corrected chi connectivity index (χ2v) is 4.42. The van der Waals surface area contributed by atoms with Gasteiger partial charge in [-0.2, -0.15) is 0 Å². The molecule has 1 unspecified atom stereocenters. The molecule has 0 spiro atoms. The normalized spacial score (nSPS) is 19.4. The van der Waals surface area contributed by atoms with Crippen molar-refractivity contribution in [1.82, 2.24) is 0 Å². The minimum absolute atomic E-state index is 0.445. The van der Waals surface area contributed by atoms with Crippen LogP contribution < -0.4 is 9.64 Å². The summed E-state index contributed by atoms with van der Waals surface area (Å²) in [7, 11) is 1.55. The monoisotopic (exact) mass is 255 g/mol. The van der Waals surface area contributed by atoms with Crippen LogP contribution in [0, 0.1) is 0 Å². The molecule has 0 aliphatic carbocycles. The standard InChI is InChI=1S/C12H14ClNO3/c1-17-11-5-4-8(7-9(11)13)14-6-2-3-10(14)12(15)16/h4-5,7,10H,2-3,6H2,1H3,(H,15,16). The van der Waals surface area contributed by atoms with Gasteiger partial charge in [0.15, 0.2) is 0 Å². The van der Waals surface area contributed by atoms with Crippen molar-refractivity contribution in [2.75, 3.05) is 18.6 Å².